The van der Waals surface area contributed by atoms with E-state index in [2.05, 4.69) is 10.1 Å². The summed E-state index contributed by atoms with van der Waals surface area (Å²) < 4.78 is 4.30. The third kappa shape index (κ3) is 2.56. The first-order chi connectivity index (χ1) is 7.06. The zero-order valence-corrected chi connectivity index (χ0v) is 8.96. The molecule has 0 fully saturated rings. The summed E-state index contributed by atoms with van der Waals surface area (Å²) in [5, 5.41) is 2.49. The summed E-state index contributed by atoms with van der Waals surface area (Å²) >= 11 is 0. The van der Waals surface area contributed by atoms with Crippen molar-refractivity contribution < 1.29 is 14.3 Å². The Kier molecular flexibility index (Phi) is 3.44. The number of carbonyl (C=O) groups excluding carboxylic acids is 2. The lowest BCUT2D eigenvalue weighted by molar-refractivity contribution is -0.150. The molecule has 1 aromatic carbocycles. The number of hydrogen-bond donors (Lipinski definition) is 1. The molecule has 0 aliphatic heterocycles. The van der Waals surface area contributed by atoms with Crippen molar-refractivity contribution in [1.29, 1.82) is 0 Å². The number of aryl methyl sites for hydroxylation is 1. The average molecular weight is 207 g/mol. The number of methoxy groups -OCH3 is 1. The number of benzene rings is 1. The molecule has 4 heteroatoms. The number of ether oxygens (including phenoxy) is 1. The van der Waals surface area contributed by atoms with Gasteiger partial charge in [0.15, 0.2) is 0 Å². The van der Waals surface area contributed by atoms with Gasteiger partial charge in [-0.25, -0.2) is 4.79 Å². The van der Waals surface area contributed by atoms with Gasteiger partial charge in [0.2, 0.25) is 0 Å². The molecule has 0 saturated carbocycles. The Labute approximate surface area is 88.2 Å². The lowest BCUT2D eigenvalue weighted by Gasteiger charge is -2.08. The van der Waals surface area contributed by atoms with Crippen LogP contribution in [0, 0.1) is 13.8 Å². The molecule has 15 heavy (non-hydrogen) atoms. The van der Waals surface area contributed by atoms with Gasteiger partial charge in [-0.3, -0.25) is 4.79 Å². The van der Waals surface area contributed by atoms with E-state index in [1.54, 1.807) is 6.07 Å². The normalized spacial score (nSPS) is 9.53. The summed E-state index contributed by atoms with van der Waals surface area (Å²) in [7, 11) is 1.17. The van der Waals surface area contributed by atoms with Gasteiger partial charge in [-0.2, -0.15) is 0 Å². The molecule has 1 amide bonds. The monoisotopic (exact) mass is 207 g/mol. The minimum absolute atomic E-state index is 0.630. The molecule has 1 aromatic rings. The first kappa shape index (κ1) is 11.2. The summed E-state index contributed by atoms with van der Waals surface area (Å²) in [4.78, 5) is 22.1. The van der Waals surface area contributed by atoms with Crippen molar-refractivity contribution in [2.75, 3.05) is 12.4 Å². The van der Waals surface area contributed by atoms with E-state index in [9.17, 15) is 9.59 Å². The molecule has 0 atom stereocenters. The summed E-state index contributed by atoms with van der Waals surface area (Å²) in [5.41, 5.74) is 2.62. The second kappa shape index (κ2) is 4.59. The zero-order chi connectivity index (χ0) is 11.4. The SMILES string of the molecule is COC(=O)C(=O)Nc1cccc(C)c1C. The van der Waals surface area contributed by atoms with Crippen molar-refractivity contribution in [3.05, 3.63) is 29.3 Å². The maximum absolute atomic E-state index is 11.2. The Morgan fingerprint density at radius 1 is 1.27 bits per heavy atom. The van der Waals surface area contributed by atoms with Crippen LogP contribution in [0.1, 0.15) is 11.1 Å². The van der Waals surface area contributed by atoms with E-state index < -0.39 is 11.9 Å². The van der Waals surface area contributed by atoms with Crippen LogP contribution in [0.5, 0.6) is 0 Å². The Balaban J connectivity index is 2.86. The third-order valence-corrected chi connectivity index (χ3v) is 2.22. The highest BCUT2D eigenvalue weighted by molar-refractivity contribution is 6.37. The number of amides is 1. The van der Waals surface area contributed by atoms with Crippen molar-refractivity contribution in [2.45, 2.75) is 13.8 Å². The Bertz CT molecular complexity index is 399. The van der Waals surface area contributed by atoms with E-state index in [4.69, 9.17) is 0 Å². The molecule has 0 heterocycles. The largest absolute Gasteiger partial charge is 0.462 e. The lowest BCUT2D eigenvalue weighted by Crippen LogP contribution is -2.24. The molecule has 4 nitrogen and oxygen atoms in total. The fourth-order valence-electron chi connectivity index (χ4n) is 1.15. The summed E-state index contributed by atoms with van der Waals surface area (Å²) in [5.74, 6) is -1.65. The zero-order valence-electron chi connectivity index (χ0n) is 8.96. The number of carbonyl (C=O) groups is 2. The molecular formula is C11H13NO3. The van der Waals surface area contributed by atoms with Crippen LogP contribution in [-0.2, 0) is 14.3 Å². The molecular weight excluding hydrogens is 194 g/mol. The van der Waals surface area contributed by atoms with E-state index in [1.807, 2.05) is 26.0 Å². The van der Waals surface area contributed by atoms with Crippen molar-refractivity contribution in [3.8, 4) is 0 Å². The number of nitrogens with one attached hydrogen (secondary N) is 1. The predicted octanol–water partition coefficient (Wildman–Crippen LogP) is 1.41. The van der Waals surface area contributed by atoms with Crippen LogP contribution in [-0.4, -0.2) is 19.0 Å². The van der Waals surface area contributed by atoms with Crippen LogP contribution in [0.15, 0.2) is 18.2 Å². The molecule has 0 unspecified atom stereocenters. The van der Waals surface area contributed by atoms with Crippen LogP contribution in [0.3, 0.4) is 0 Å². The van der Waals surface area contributed by atoms with Gasteiger partial charge < -0.3 is 10.1 Å². The van der Waals surface area contributed by atoms with Crippen LogP contribution < -0.4 is 5.32 Å². The highest BCUT2D eigenvalue weighted by Gasteiger charge is 2.14. The summed E-state index contributed by atoms with van der Waals surface area (Å²) in [6, 6.07) is 5.49. The minimum atomic E-state index is -0.893. The first-order valence-electron chi connectivity index (χ1n) is 4.51. The van der Waals surface area contributed by atoms with Crippen LogP contribution >= 0.6 is 0 Å². The highest BCUT2D eigenvalue weighted by atomic mass is 16.5. The number of esters is 1. The number of rotatable bonds is 1. The van der Waals surface area contributed by atoms with Crippen LogP contribution in [0.2, 0.25) is 0 Å². The van der Waals surface area contributed by atoms with Crippen molar-refractivity contribution in [2.24, 2.45) is 0 Å². The molecule has 0 aliphatic rings. The van der Waals surface area contributed by atoms with E-state index in [1.165, 1.54) is 7.11 Å². The highest BCUT2D eigenvalue weighted by Crippen LogP contribution is 2.17. The molecule has 0 aliphatic carbocycles. The van der Waals surface area contributed by atoms with Crippen LogP contribution in [0.25, 0.3) is 0 Å². The van der Waals surface area contributed by atoms with E-state index in [0.717, 1.165) is 11.1 Å². The standard InChI is InChI=1S/C11H13NO3/c1-7-5-4-6-9(8(7)2)12-10(13)11(14)15-3/h4-6H,1-3H3,(H,12,13). The fraction of sp³-hybridized carbons (Fsp3) is 0.273. The Morgan fingerprint density at radius 2 is 1.93 bits per heavy atom. The summed E-state index contributed by atoms with van der Waals surface area (Å²) in [6.07, 6.45) is 0. The number of hydrogen-bond acceptors (Lipinski definition) is 3. The lowest BCUT2D eigenvalue weighted by atomic mass is 10.1. The molecule has 0 spiro atoms. The van der Waals surface area contributed by atoms with Gasteiger partial charge in [0.25, 0.3) is 0 Å². The molecule has 1 rings (SSSR count). The topological polar surface area (TPSA) is 55.4 Å². The van der Waals surface area contributed by atoms with Crippen molar-refractivity contribution in [3.63, 3.8) is 0 Å². The molecule has 0 bridgehead atoms. The second-order valence-corrected chi connectivity index (χ2v) is 3.19. The van der Waals surface area contributed by atoms with Gasteiger partial charge in [0.1, 0.15) is 0 Å². The van der Waals surface area contributed by atoms with Gasteiger partial charge in [-0.05, 0) is 31.0 Å². The predicted molar refractivity (Wildman–Crippen MR) is 56.6 cm³/mol. The maximum atomic E-state index is 11.2. The van der Waals surface area contributed by atoms with Gasteiger partial charge in [0.05, 0.1) is 7.11 Å². The first-order valence-corrected chi connectivity index (χ1v) is 4.51. The van der Waals surface area contributed by atoms with E-state index >= 15 is 0 Å². The molecule has 0 saturated heterocycles. The summed E-state index contributed by atoms with van der Waals surface area (Å²) in [6.45, 7) is 3.81. The van der Waals surface area contributed by atoms with Gasteiger partial charge >= 0.3 is 11.9 Å². The van der Waals surface area contributed by atoms with Crippen molar-refractivity contribution in [1.82, 2.24) is 0 Å². The minimum Gasteiger partial charge on any atom is -0.462 e. The second-order valence-electron chi connectivity index (χ2n) is 3.19. The van der Waals surface area contributed by atoms with Crippen LogP contribution in [0.4, 0.5) is 5.69 Å². The van der Waals surface area contributed by atoms with Crippen molar-refractivity contribution >= 4 is 17.6 Å². The number of anilines is 1. The van der Waals surface area contributed by atoms with E-state index in [0.29, 0.717) is 5.69 Å². The molecule has 0 aromatic heterocycles. The van der Waals surface area contributed by atoms with Gasteiger partial charge in [-0.1, -0.05) is 12.1 Å². The van der Waals surface area contributed by atoms with Gasteiger partial charge in [0, 0.05) is 5.69 Å². The average Bonchev–Trinajstić information content (AvgIpc) is 2.23. The fourth-order valence-corrected chi connectivity index (χ4v) is 1.15. The third-order valence-electron chi connectivity index (χ3n) is 2.22. The smallest absolute Gasteiger partial charge is 0.396 e. The molecule has 1 N–H and O–H groups in total. The Hall–Kier alpha value is -1.84. The Morgan fingerprint density at radius 3 is 2.53 bits per heavy atom. The quantitative estimate of drug-likeness (QED) is 0.559. The van der Waals surface area contributed by atoms with Gasteiger partial charge in [-0.15, -0.1) is 0 Å². The van der Waals surface area contributed by atoms with E-state index in [-0.39, 0.29) is 0 Å². The maximum Gasteiger partial charge on any atom is 0.396 e. The molecule has 0 radical (unpaired) electrons. The molecule has 80 valence electrons.